The number of quaternary nitrogens is 1. The Bertz CT molecular complexity index is 526. The van der Waals surface area contributed by atoms with Crippen molar-refractivity contribution in [1.29, 1.82) is 0 Å². The highest BCUT2D eigenvalue weighted by molar-refractivity contribution is 5.85. The van der Waals surface area contributed by atoms with Gasteiger partial charge in [0.05, 0.1) is 13.6 Å². The molecule has 122 valence electrons. The fraction of sp³-hybridized carbons (Fsp3) is 0.471. The molecule has 0 saturated heterocycles. The van der Waals surface area contributed by atoms with Crippen LogP contribution in [0.3, 0.4) is 0 Å². The predicted octanol–water partition coefficient (Wildman–Crippen LogP) is 2.99. The maximum atomic E-state index is 12.4. The molecule has 0 aliphatic rings. The van der Waals surface area contributed by atoms with Gasteiger partial charge in [-0.2, -0.15) is 4.79 Å². The first-order valence-corrected chi connectivity index (χ1v) is 7.26. The Balaban J connectivity index is 0.00000441. The SMILES string of the molecule is C#CC[N+](C)(CCC)C(=O)Oc1cccc(CC(C)N)c1.Cl. The number of carbonyl (C=O) groups is 1. The van der Waals surface area contributed by atoms with Crippen molar-refractivity contribution in [2.24, 2.45) is 5.73 Å². The number of benzene rings is 1. The van der Waals surface area contributed by atoms with Crippen molar-refractivity contribution in [2.45, 2.75) is 32.7 Å². The molecule has 0 saturated carbocycles. The molecular weight excluding hydrogens is 300 g/mol. The van der Waals surface area contributed by atoms with E-state index in [-0.39, 0.29) is 29.0 Å². The Morgan fingerprint density at radius 3 is 2.73 bits per heavy atom. The van der Waals surface area contributed by atoms with Crippen LogP contribution in [0.25, 0.3) is 0 Å². The molecule has 1 amide bonds. The van der Waals surface area contributed by atoms with Gasteiger partial charge in [0, 0.05) is 6.04 Å². The molecule has 0 aromatic heterocycles. The molecule has 0 aliphatic heterocycles. The van der Waals surface area contributed by atoms with Crippen LogP contribution in [0.5, 0.6) is 5.75 Å². The fourth-order valence-corrected chi connectivity index (χ4v) is 2.25. The number of ether oxygens (including phenoxy) is 1. The zero-order chi connectivity index (χ0) is 15.9. The summed E-state index contributed by atoms with van der Waals surface area (Å²) in [5.41, 5.74) is 6.84. The molecule has 4 nitrogen and oxygen atoms in total. The Morgan fingerprint density at radius 2 is 2.18 bits per heavy atom. The van der Waals surface area contributed by atoms with Crippen molar-refractivity contribution in [3.8, 4) is 18.1 Å². The normalized spacial score (nSPS) is 14.1. The van der Waals surface area contributed by atoms with Gasteiger partial charge in [-0.05, 0) is 43.4 Å². The zero-order valence-electron chi connectivity index (χ0n) is 13.5. The largest absolute Gasteiger partial charge is 0.522 e. The smallest absolute Gasteiger partial charge is 0.381 e. The third-order valence-electron chi connectivity index (χ3n) is 3.26. The van der Waals surface area contributed by atoms with Gasteiger partial charge in [-0.3, -0.25) is 0 Å². The molecule has 5 heteroatoms. The van der Waals surface area contributed by atoms with Crippen LogP contribution in [0.4, 0.5) is 4.79 Å². The summed E-state index contributed by atoms with van der Waals surface area (Å²) in [7, 11) is 1.80. The van der Waals surface area contributed by atoms with Gasteiger partial charge in [0.2, 0.25) is 0 Å². The van der Waals surface area contributed by atoms with Crippen molar-refractivity contribution in [1.82, 2.24) is 0 Å². The lowest BCUT2D eigenvalue weighted by atomic mass is 10.1. The first kappa shape index (κ1) is 20.5. The predicted molar refractivity (Wildman–Crippen MR) is 92.1 cm³/mol. The summed E-state index contributed by atoms with van der Waals surface area (Å²) in [6.45, 7) is 4.94. The highest BCUT2D eigenvalue weighted by Gasteiger charge is 2.32. The second kappa shape index (κ2) is 9.47. The van der Waals surface area contributed by atoms with E-state index in [9.17, 15) is 4.79 Å². The monoisotopic (exact) mass is 325 g/mol. The minimum atomic E-state index is -0.326. The number of hydrogen-bond acceptors (Lipinski definition) is 3. The average molecular weight is 326 g/mol. The average Bonchev–Trinajstić information content (AvgIpc) is 2.38. The van der Waals surface area contributed by atoms with Crippen molar-refractivity contribution >= 4 is 18.5 Å². The van der Waals surface area contributed by atoms with E-state index in [4.69, 9.17) is 16.9 Å². The van der Waals surface area contributed by atoms with Gasteiger partial charge in [0.25, 0.3) is 0 Å². The number of halogens is 1. The van der Waals surface area contributed by atoms with E-state index in [1.807, 2.05) is 32.0 Å². The molecule has 0 bridgehead atoms. The van der Waals surface area contributed by atoms with Crippen LogP contribution >= 0.6 is 12.4 Å². The van der Waals surface area contributed by atoms with Crippen molar-refractivity contribution < 1.29 is 14.0 Å². The van der Waals surface area contributed by atoms with E-state index in [1.54, 1.807) is 13.1 Å². The summed E-state index contributed by atoms with van der Waals surface area (Å²) >= 11 is 0. The minimum absolute atomic E-state index is 0. The zero-order valence-corrected chi connectivity index (χ0v) is 14.4. The van der Waals surface area contributed by atoms with Gasteiger partial charge < -0.3 is 10.5 Å². The molecule has 2 N–H and O–H groups in total. The highest BCUT2D eigenvalue weighted by Crippen LogP contribution is 2.17. The molecule has 2 atom stereocenters. The highest BCUT2D eigenvalue weighted by atomic mass is 35.5. The number of nitrogens with two attached hydrogens (primary N) is 1. The maximum Gasteiger partial charge on any atom is 0.522 e. The van der Waals surface area contributed by atoms with E-state index < -0.39 is 0 Å². The van der Waals surface area contributed by atoms with Gasteiger partial charge in [-0.25, -0.2) is 4.48 Å². The van der Waals surface area contributed by atoms with E-state index >= 15 is 0 Å². The Hall–Kier alpha value is -1.54. The molecule has 22 heavy (non-hydrogen) atoms. The van der Waals surface area contributed by atoms with Gasteiger partial charge in [-0.1, -0.05) is 19.1 Å². The number of terminal acetylenes is 1. The van der Waals surface area contributed by atoms with Gasteiger partial charge in [-0.15, -0.1) is 18.8 Å². The fourth-order valence-electron chi connectivity index (χ4n) is 2.25. The Kier molecular flexibility index (Phi) is 8.81. The van der Waals surface area contributed by atoms with Crippen LogP contribution in [-0.4, -0.2) is 36.8 Å². The molecule has 0 heterocycles. The molecule has 1 rings (SSSR count). The minimum Gasteiger partial charge on any atom is -0.381 e. The third-order valence-corrected chi connectivity index (χ3v) is 3.26. The molecule has 0 aliphatic carbocycles. The van der Waals surface area contributed by atoms with Gasteiger partial charge >= 0.3 is 6.09 Å². The number of nitrogens with zero attached hydrogens (tertiary/aromatic N) is 1. The van der Waals surface area contributed by atoms with Crippen molar-refractivity contribution in [3.63, 3.8) is 0 Å². The molecule has 0 radical (unpaired) electrons. The van der Waals surface area contributed by atoms with Crippen molar-refractivity contribution in [3.05, 3.63) is 29.8 Å². The Labute approximate surface area is 139 Å². The Morgan fingerprint density at radius 1 is 1.50 bits per heavy atom. The molecule has 1 aromatic rings. The van der Waals surface area contributed by atoms with Crippen LogP contribution in [-0.2, 0) is 6.42 Å². The summed E-state index contributed by atoms with van der Waals surface area (Å²) in [6.07, 6.45) is 6.65. The van der Waals surface area contributed by atoms with E-state index in [1.165, 1.54) is 0 Å². The lowest BCUT2D eigenvalue weighted by Gasteiger charge is -2.27. The first-order valence-electron chi connectivity index (χ1n) is 7.26. The molecule has 1 aromatic carbocycles. The molecule has 2 unspecified atom stereocenters. The van der Waals surface area contributed by atoms with Gasteiger partial charge in [0.1, 0.15) is 12.3 Å². The molecule has 0 spiro atoms. The lowest BCUT2D eigenvalue weighted by Crippen LogP contribution is -2.51. The first-order chi connectivity index (χ1) is 9.91. The van der Waals surface area contributed by atoms with Crippen LogP contribution < -0.4 is 10.5 Å². The van der Waals surface area contributed by atoms with Crippen LogP contribution in [0, 0.1) is 12.3 Å². The maximum absolute atomic E-state index is 12.4. The van der Waals surface area contributed by atoms with E-state index in [0.29, 0.717) is 18.8 Å². The number of carbonyl (C=O) groups excluding carboxylic acids is 1. The second-order valence-electron chi connectivity index (χ2n) is 5.68. The molecular formula is C17H26ClN2O2+. The standard InChI is InChI=1S/C17H25N2O2.ClH/c1-5-10-19(4,11-6-2)17(20)21-16-9-7-8-15(13-16)12-14(3)18;/h1,7-9,13-14H,6,10-12,18H2,2-4H3;1H/q+1;. The van der Waals surface area contributed by atoms with Crippen LogP contribution in [0.2, 0.25) is 0 Å². The van der Waals surface area contributed by atoms with E-state index in [2.05, 4.69) is 5.92 Å². The van der Waals surface area contributed by atoms with Crippen molar-refractivity contribution in [2.75, 3.05) is 20.1 Å². The third kappa shape index (κ3) is 6.07. The number of amides is 1. The summed E-state index contributed by atoms with van der Waals surface area (Å²) in [4.78, 5) is 12.4. The summed E-state index contributed by atoms with van der Waals surface area (Å²) in [5.74, 6) is 3.09. The lowest BCUT2D eigenvalue weighted by molar-refractivity contribution is -0.828. The summed E-state index contributed by atoms with van der Waals surface area (Å²) < 4.78 is 5.59. The van der Waals surface area contributed by atoms with Crippen LogP contribution in [0.1, 0.15) is 25.8 Å². The van der Waals surface area contributed by atoms with E-state index in [0.717, 1.165) is 18.4 Å². The topological polar surface area (TPSA) is 52.3 Å². The molecule has 0 fully saturated rings. The van der Waals surface area contributed by atoms with Gasteiger partial charge in [0.15, 0.2) is 0 Å². The second-order valence-corrected chi connectivity index (χ2v) is 5.68. The quantitative estimate of drug-likeness (QED) is 0.646. The number of rotatable bonds is 6. The number of hydrogen-bond donors (Lipinski definition) is 1. The summed E-state index contributed by atoms with van der Waals surface area (Å²) in [6, 6.07) is 7.54. The van der Waals surface area contributed by atoms with Crippen LogP contribution in [0.15, 0.2) is 24.3 Å². The summed E-state index contributed by atoms with van der Waals surface area (Å²) in [5, 5.41) is 0.